The molecular weight excluding hydrogens is 325 g/mol. The van der Waals surface area contributed by atoms with E-state index in [2.05, 4.69) is 12.2 Å². The molecule has 1 saturated carbocycles. The normalized spacial score (nSPS) is 29.6. The highest BCUT2D eigenvalue weighted by atomic mass is 35.5. The van der Waals surface area contributed by atoms with Crippen LogP contribution in [0, 0.1) is 11.8 Å². The quantitative estimate of drug-likeness (QED) is 0.789. The molecule has 1 heterocycles. The van der Waals surface area contributed by atoms with Crippen LogP contribution in [0.2, 0.25) is 8.67 Å². The largest absolute Gasteiger partial charge is 0.245 e. The second-order valence-electron chi connectivity index (χ2n) is 5.06. The lowest BCUT2D eigenvalue weighted by molar-refractivity contribution is 0.327. The minimum Gasteiger partial charge on any atom is -0.207 e. The van der Waals surface area contributed by atoms with Crippen molar-refractivity contribution < 1.29 is 8.42 Å². The maximum absolute atomic E-state index is 12.6. The molecule has 0 unspecified atom stereocenters. The molecule has 2 bridgehead atoms. The van der Waals surface area contributed by atoms with Crippen LogP contribution in [-0.2, 0) is 10.0 Å². The molecule has 1 aromatic heterocycles. The van der Waals surface area contributed by atoms with E-state index in [1.807, 2.05) is 0 Å². The van der Waals surface area contributed by atoms with Gasteiger partial charge in [0.05, 0.1) is 4.34 Å². The summed E-state index contributed by atoms with van der Waals surface area (Å²) in [6, 6.07) is 1.47. The summed E-state index contributed by atoms with van der Waals surface area (Å²) in [6.07, 6.45) is 6.28. The Hall–Kier alpha value is -0.0700. The Morgan fingerprint density at radius 3 is 2.53 bits per heavy atom. The molecule has 3 rings (SSSR count). The molecule has 0 radical (unpaired) electrons. The van der Waals surface area contributed by atoms with Crippen molar-refractivity contribution in [3.05, 3.63) is 26.9 Å². The minimum atomic E-state index is -3.56. The first kappa shape index (κ1) is 13.9. The molecule has 0 aliphatic heterocycles. The average Bonchev–Trinajstić information content (AvgIpc) is 3.03. The van der Waals surface area contributed by atoms with Crippen molar-refractivity contribution in [2.75, 3.05) is 7.05 Å². The van der Waals surface area contributed by atoms with E-state index < -0.39 is 10.0 Å². The zero-order chi connectivity index (χ0) is 13.8. The van der Waals surface area contributed by atoms with Crippen LogP contribution in [-0.4, -0.2) is 25.8 Å². The smallest absolute Gasteiger partial charge is 0.207 e. The lowest BCUT2D eigenvalue weighted by Crippen LogP contribution is -2.39. The zero-order valence-electron chi connectivity index (χ0n) is 10.2. The Morgan fingerprint density at radius 1 is 1.32 bits per heavy atom. The molecule has 19 heavy (non-hydrogen) atoms. The highest BCUT2D eigenvalue weighted by Crippen LogP contribution is 2.44. The highest BCUT2D eigenvalue weighted by molar-refractivity contribution is 7.89. The van der Waals surface area contributed by atoms with Crippen LogP contribution in [0.3, 0.4) is 0 Å². The molecule has 3 nitrogen and oxygen atoms in total. The molecule has 3 atom stereocenters. The van der Waals surface area contributed by atoms with E-state index in [1.165, 1.54) is 10.4 Å². The van der Waals surface area contributed by atoms with E-state index in [9.17, 15) is 8.42 Å². The van der Waals surface area contributed by atoms with Crippen LogP contribution in [0.1, 0.15) is 12.8 Å². The standard InChI is InChI=1S/C12H13Cl2NO2S2/c1-15(9-5-7-2-3-8(9)4-7)19(16,17)10-6-11(13)18-12(10)14/h2-3,6-9H,4-5H2,1H3/t7-,8-,9-/m0/s1. The minimum absolute atomic E-state index is 0.0368. The third-order valence-electron chi connectivity index (χ3n) is 3.99. The van der Waals surface area contributed by atoms with Crippen molar-refractivity contribution in [1.82, 2.24) is 4.31 Å². The van der Waals surface area contributed by atoms with Crippen LogP contribution in [0.15, 0.2) is 23.1 Å². The fraction of sp³-hybridized carbons (Fsp3) is 0.500. The van der Waals surface area contributed by atoms with Gasteiger partial charge in [-0.2, -0.15) is 4.31 Å². The summed E-state index contributed by atoms with van der Waals surface area (Å²) >= 11 is 12.9. The molecule has 0 aromatic carbocycles. The maximum atomic E-state index is 12.6. The van der Waals surface area contributed by atoms with Crippen molar-refractivity contribution in [2.24, 2.45) is 11.8 Å². The van der Waals surface area contributed by atoms with Gasteiger partial charge < -0.3 is 0 Å². The Morgan fingerprint density at radius 2 is 2.05 bits per heavy atom. The maximum Gasteiger partial charge on any atom is 0.245 e. The summed E-state index contributed by atoms with van der Waals surface area (Å²) in [7, 11) is -1.93. The van der Waals surface area contributed by atoms with Gasteiger partial charge in [-0.15, -0.1) is 11.3 Å². The molecule has 0 N–H and O–H groups in total. The van der Waals surface area contributed by atoms with Crippen LogP contribution in [0.25, 0.3) is 0 Å². The second-order valence-corrected chi connectivity index (χ2v) is 9.31. The summed E-state index contributed by atoms with van der Waals surface area (Å²) in [5.74, 6) is 0.854. The van der Waals surface area contributed by atoms with E-state index >= 15 is 0 Å². The molecule has 0 amide bonds. The van der Waals surface area contributed by atoms with Crippen LogP contribution in [0.5, 0.6) is 0 Å². The van der Waals surface area contributed by atoms with E-state index in [-0.39, 0.29) is 15.3 Å². The van der Waals surface area contributed by atoms with Crippen molar-refractivity contribution in [1.29, 1.82) is 0 Å². The van der Waals surface area contributed by atoms with E-state index in [0.29, 0.717) is 16.2 Å². The molecule has 104 valence electrons. The molecule has 2 aliphatic carbocycles. The molecular formula is C12H13Cl2NO2S2. The molecule has 0 saturated heterocycles. The Bertz CT molecular complexity index is 638. The molecule has 1 fully saturated rings. The number of halogens is 2. The SMILES string of the molecule is CN([C@H]1C[C@H]2C=C[C@H]1C2)S(=O)(=O)c1cc(Cl)sc1Cl. The molecule has 0 spiro atoms. The number of nitrogens with zero attached hydrogens (tertiary/aromatic N) is 1. The van der Waals surface area contributed by atoms with Gasteiger partial charge in [0.1, 0.15) is 9.23 Å². The molecule has 2 aliphatic rings. The fourth-order valence-corrected chi connectivity index (χ4v) is 6.53. The third kappa shape index (κ3) is 2.25. The number of hydrogen-bond donors (Lipinski definition) is 0. The molecule has 1 aromatic rings. The lowest BCUT2D eigenvalue weighted by Gasteiger charge is -2.28. The third-order valence-corrected chi connectivity index (χ3v) is 7.63. The number of hydrogen-bond acceptors (Lipinski definition) is 3. The van der Waals surface area contributed by atoms with Gasteiger partial charge >= 0.3 is 0 Å². The Kier molecular flexibility index (Phi) is 3.47. The summed E-state index contributed by atoms with van der Waals surface area (Å²) < 4.78 is 27.3. The highest BCUT2D eigenvalue weighted by Gasteiger charge is 2.42. The van der Waals surface area contributed by atoms with Crippen LogP contribution < -0.4 is 0 Å². The van der Waals surface area contributed by atoms with Gasteiger partial charge in [-0.25, -0.2) is 8.42 Å². The van der Waals surface area contributed by atoms with Gasteiger partial charge in [-0.3, -0.25) is 0 Å². The van der Waals surface area contributed by atoms with Gasteiger partial charge in [0.2, 0.25) is 10.0 Å². The summed E-state index contributed by atoms with van der Waals surface area (Å²) in [4.78, 5) is 0.124. The average molecular weight is 338 g/mol. The van der Waals surface area contributed by atoms with Gasteiger partial charge in [0.15, 0.2) is 0 Å². The first-order chi connectivity index (χ1) is 8.89. The van der Waals surface area contributed by atoms with Gasteiger partial charge in [-0.1, -0.05) is 35.4 Å². The van der Waals surface area contributed by atoms with E-state index in [4.69, 9.17) is 23.2 Å². The Labute approximate surface area is 126 Å². The van der Waals surface area contributed by atoms with E-state index in [0.717, 1.165) is 24.2 Å². The van der Waals surface area contributed by atoms with Crippen molar-refractivity contribution in [3.8, 4) is 0 Å². The fourth-order valence-electron chi connectivity index (χ4n) is 3.00. The summed E-state index contributed by atoms with van der Waals surface area (Å²) in [5.41, 5.74) is 0. The van der Waals surface area contributed by atoms with Gasteiger partial charge in [0, 0.05) is 13.1 Å². The van der Waals surface area contributed by atoms with Crippen molar-refractivity contribution in [3.63, 3.8) is 0 Å². The predicted octanol–water partition coefficient (Wildman–Crippen LogP) is 3.64. The first-order valence-corrected chi connectivity index (χ1v) is 9.02. The van der Waals surface area contributed by atoms with Crippen LogP contribution in [0.4, 0.5) is 0 Å². The van der Waals surface area contributed by atoms with E-state index in [1.54, 1.807) is 7.05 Å². The summed E-state index contributed by atoms with van der Waals surface area (Å²) in [6.45, 7) is 0. The first-order valence-electron chi connectivity index (χ1n) is 6.01. The number of sulfonamides is 1. The van der Waals surface area contributed by atoms with Crippen molar-refractivity contribution >= 4 is 44.6 Å². The monoisotopic (exact) mass is 337 g/mol. The lowest BCUT2D eigenvalue weighted by atomic mass is 10.0. The molecule has 7 heteroatoms. The topological polar surface area (TPSA) is 37.4 Å². The zero-order valence-corrected chi connectivity index (χ0v) is 13.4. The van der Waals surface area contributed by atoms with Crippen LogP contribution >= 0.6 is 34.5 Å². The van der Waals surface area contributed by atoms with Gasteiger partial charge in [-0.05, 0) is 30.7 Å². The number of rotatable bonds is 3. The number of thiophene rings is 1. The number of allylic oxidation sites excluding steroid dienone is 1. The van der Waals surface area contributed by atoms with Gasteiger partial charge in [0.25, 0.3) is 0 Å². The van der Waals surface area contributed by atoms with Crippen molar-refractivity contribution in [2.45, 2.75) is 23.8 Å². The Balaban J connectivity index is 1.92. The summed E-state index contributed by atoms with van der Waals surface area (Å²) in [5, 5.41) is 0. The predicted molar refractivity (Wildman–Crippen MR) is 78.4 cm³/mol. The second kappa shape index (κ2) is 4.74. The number of fused-ring (bicyclic) bond motifs is 2.